The summed E-state index contributed by atoms with van der Waals surface area (Å²) in [6.07, 6.45) is 4.46. The standard InChI is InChI=1S/C16H13BrN4O5S/c1-27(25,26)14-5-10(4-13(6-14)21(23)24)16(22)18-7-12-9-20-8-11(17)2-3-15(20)19-12/h2-6,8-9H,7H2,1H3,(H,18,22). The van der Waals surface area contributed by atoms with Crippen LogP contribution in [0.5, 0.6) is 0 Å². The second-order valence-corrected chi connectivity index (χ2v) is 8.70. The molecule has 1 N–H and O–H groups in total. The number of imidazole rings is 1. The molecule has 11 heteroatoms. The van der Waals surface area contributed by atoms with Gasteiger partial charge in [0.25, 0.3) is 11.6 Å². The monoisotopic (exact) mass is 452 g/mol. The molecule has 0 saturated heterocycles. The molecule has 0 aliphatic carbocycles. The van der Waals surface area contributed by atoms with Crippen molar-refractivity contribution in [1.29, 1.82) is 0 Å². The van der Waals surface area contributed by atoms with Gasteiger partial charge in [-0.2, -0.15) is 0 Å². The van der Waals surface area contributed by atoms with E-state index in [1.165, 1.54) is 0 Å². The molecule has 0 radical (unpaired) electrons. The van der Waals surface area contributed by atoms with Crippen molar-refractivity contribution in [3.63, 3.8) is 0 Å². The van der Waals surface area contributed by atoms with Crippen molar-refractivity contribution >= 4 is 43.0 Å². The van der Waals surface area contributed by atoms with Crippen molar-refractivity contribution in [2.75, 3.05) is 6.26 Å². The Hall–Kier alpha value is -2.79. The zero-order chi connectivity index (χ0) is 19.8. The Morgan fingerprint density at radius 3 is 2.70 bits per heavy atom. The second-order valence-electron chi connectivity index (χ2n) is 5.77. The number of amides is 1. The quantitative estimate of drug-likeness (QED) is 0.467. The summed E-state index contributed by atoms with van der Waals surface area (Å²) in [5.41, 5.74) is 0.684. The van der Waals surface area contributed by atoms with Gasteiger partial charge in [0.05, 0.1) is 22.1 Å². The minimum atomic E-state index is -3.71. The van der Waals surface area contributed by atoms with Crippen LogP contribution in [0.2, 0.25) is 0 Å². The summed E-state index contributed by atoms with van der Waals surface area (Å²) in [7, 11) is -3.71. The van der Waals surface area contributed by atoms with E-state index >= 15 is 0 Å². The molecule has 0 saturated carbocycles. The molecule has 0 spiro atoms. The van der Waals surface area contributed by atoms with E-state index in [1.54, 1.807) is 16.7 Å². The van der Waals surface area contributed by atoms with Crippen molar-refractivity contribution in [3.8, 4) is 0 Å². The summed E-state index contributed by atoms with van der Waals surface area (Å²) in [5.74, 6) is -0.637. The molecule has 3 rings (SSSR count). The fraction of sp³-hybridized carbons (Fsp3) is 0.125. The summed E-state index contributed by atoms with van der Waals surface area (Å²) in [6, 6.07) is 6.70. The molecule has 0 atom stereocenters. The van der Waals surface area contributed by atoms with Gasteiger partial charge in [-0.1, -0.05) is 0 Å². The lowest BCUT2D eigenvalue weighted by Crippen LogP contribution is -2.23. The van der Waals surface area contributed by atoms with Gasteiger partial charge in [-0.3, -0.25) is 14.9 Å². The van der Waals surface area contributed by atoms with Crippen LogP contribution in [0.1, 0.15) is 16.1 Å². The molecule has 2 heterocycles. The Morgan fingerprint density at radius 1 is 1.30 bits per heavy atom. The van der Waals surface area contributed by atoms with E-state index in [1.807, 2.05) is 12.3 Å². The third kappa shape index (κ3) is 4.31. The Kier molecular flexibility index (Phi) is 4.98. The first-order chi connectivity index (χ1) is 12.6. The number of carbonyl (C=O) groups is 1. The summed E-state index contributed by atoms with van der Waals surface area (Å²) < 4.78 is 26.1. The molecule has 0 fully saturated rings. The number of rotatable bonds is 5. The lowest BCUT2D eigenvalue weighted by molar-refractivity contribution is -0.385. The van der Waals surface area contributed by atoms with Gasteiger partial charge >= 0.3 is 0 Å². The van der Waals surface area contributed by atoms with Gasteiger partial charge in [0, 0.05) is 40.8 Å². The minimum absolute atomic E-state index is 0.0784. The van der Waals surface area contributed by atoms with Crippen LogP contribution in [0.25, 0.3) is 5.65 Å². The number of nitro groups is 1. The number of aromatic nitrogens is 2. The number of hydrogen-bond acceptors (Lipinski definition) is 6. The number of carbonyl (C=O) groups excluding carboxylic acids is 1. The fourth-order valence-electron chi connectivity index (χ4n) is 2.41. The van der Waals surface area contributed by atoms with Gasteiger partial charge < -0.3 is 9.72 Å². The Labute approximate surface area is 162 Å². The van der Waals surface area contributed by atoms with Gasteiger partial charge in [0.2, 0.25) is 0 Å². The summed E-state index contributed by atoms with van der Waals surface area (Å²) in [5, 5.41) is 13.6. The first-order valence-corrected chi connectivity index (χ1v) is 10.2. The lowest BCUT2D eigenvalue weighted by Gasteiger charge is -2.06. The van der Waals surface area contributed by atoms with E-state index in [0.717, 1.165) is 28.9 Å². The molecule has 140 valence electrons. The number of benzene rings is 1. The largest absolute Gasteiger partial charge is 0.346 e. The highest BCUT2D eigenvalue weighted by Gasteiger charge is 2.19. The second kappa shape index (κ2) is 7.08. The molecule has 9 nitrogen and oxygen atoms in total. The zero-order valence-electron chi connectivity index (χ0n) is 13.9. The number of fused-ring (bicyclic) bond motifs is 1. The molecule has 1 amide bonds. The summed E-state index contributed by atoms with van der Waals surface area (Å²) in [4.78, 5) is 26.7. The highest BCUT2D eigenvalue weighted by Crippen LogP contribution is 2.21. The van der Waals surface area contributed by atoms with Crippen molar-refractivity contribution in [1.82, 2.24) is 14.7 Å². The van der Waals surface area contributed by atoms with Crippen molar-refractivity contribution in [2.45, 2.75) is 11.4 Å². The van der Waals surface area contributed by atoms with Crippen LogP contribution in [0, 0.1) is 10.1 Å². The van der Waals surface area contributed by atoms with E-state index in [0.29, 0.717) is 11.3 Å². The average molecular weight is 453 g/mol. The fourth-order valence-corrected chi connectivity index (χ4v) is 3.44. The van der Waals surface area contributed by atoms with Gasteiger partial charge in [-0.15, -0.1) is 0 Å². The number of non-ortho nitro benzene ring substituents is 1. The number of nitrogens with one attached hydrogen (secondary N) is 1. The molecule has 27 heavy (non-hydrogen) atoms. The third-order valence-corrected chi connectivity index (χ3v) is 5.25. The SMILES string of the molecule is CS(=O)(=O)c1cc(C(=O)NCc2cn3cc(Br)ccc3n2)cc([N+](=O)[O-])c1. The maximum atomic E-state index is 12.4. The number of hydrogen-bond donors (Lipinski definition) is 1. The lowest BCUT2D eigenvalue weighted by atomic mass is 10.2. The summed E-state index contributed by atoms with van der Waals surface area (Å²) >= 11 is 3.35. The average Bonchev–Trinajstić information content (AvgIpc) is 3.00. The van der Waals surface area contributed by atoms with E-state index < -0.39 is 26.4 Å². The molecule has 3 aromatic rings. The van der Waals surface area contributed by atoms with Gasteiger partial charge in [-0.05, 0) is 34.1 Å². The summed E-state index contributed by atoms with van der Waals surface area (Å²) in [6.45, 7) is 0.0784. The zero-order valence-corrected chi connectivity index (χ0v) is 16.3. The molecule has 0 aliphatic heterocycles. The minimum Gasteiger partial charge on any atom is -0.346 e. The van der Waals surface area contributed by atoms with Crippen LogP contribution < -0.4 is 5.32 Å². The smallest absolute Gasteiger partial charge is 0.271 e. The third-order valence-electron chi connectivity index (χ3n) is 3.69. The Balaban J connectivity index is 1.84. The van der Waals surface area contributed by atoms with Crippen LogP contribution in [-0.2, 0) is 16.4 Å². The topological polar surface area (TPSA) is 124 Å². The van der Waals surface area contributed by atoms with Gasteiger partial charge in [0.1, 0.15) is 5.65 Å². The van der Waals surface area contributed by atoms with E-state index in [-0.39, 0.29) is 17.0 Å². The van der Waals surface area contributed by atoms with Crippen molar-refractivity contribution < 1.29 is 18.1 Å². The van der Waals surface area contributed by atoms with Gasteiger partial charge in [0.15, 0.2) is 9.84 Å². The van der Waals surface area contributed by atoms with E-state index in [4.69, 9.17) is 0 Å². The number of nitro benzene ring substituents is 1. The van der Waals surface area contributed by atoms with Crippen LogP contribution in [-0.4, -0.2) is 34.9 Å². The number of sulfone groups is 1. The van der Waals surface area contributed by atoms with Gasteiger partial charge in [-0.25, -0.2) is 13.4 Å². The molecular formula is C16H13BrN4O5S. The molecule has 0 unspecified atom stereocenters. The van der Waals surface area contributed by atoms with E-state index in [9.17, 15) is 23.3 Å². The predicted octanol–water partition coefficient (Wildman–Crippen LogP) is 2.34. The maximum Gasteiger partial charge on any atom is 0.271 e. The maximum absolute atomic E-state index is 12.4. The predicted molar refractivity (Wildman–Crippen MR) is 100 cm³/mol. The van der Waals surface area contributed by atoms with Crippen LogP contribution in [0.15, 0.2) is 52.1 Å². The molecule has 1 aromatic carbocycles. The first kappa shape index (κ1) is 19.0. The Morgan fingerprint density at radius 2 is 2.04 bits per heavy atom. The number of pyridine rings is 1. The van der Waals surface area contributed by atoms with E-state index in [2.05, 4.69) is 26.2 Å². The van der Waals surface area contributed by atoms with Crippen LogP contribution >= 0.6 is 15.9 Å². The highest BCUT2D eigenvalue weighted by atomic mass is 79.9. The van der Waals surface area contributed by atoms with Crippen LogP contribution in [0.4, 0.5) is 5.69 Å². The number of halogens is 1. The van der Waals surface area contributed by atoms with Crippen molar-refractivity contribution in [2.24, 2.45) is 0 Å². The molecule has 2 aromatic heterocycles. The number of nitrogens with zero attached hydrogens (tertiary/aromatic N) is 3. The van der Waals surface area contributed by atoms with Crippen molar-refractivity contribution in [3.05, 3.63) is 68.6 Å². The first-order valence-electron chi connectivity index (χ1n) is 7.54. The molecular weight excluding hydrogens is 440 g/mol. The highest BCUT2D eigenvalue weighted by molar-refractivity contribution is 9.10. The molecule has 0 bridgehead atoms. The van der Waals surface area contributed by atoms with Crippen LogP contribution in [0.3, 0.4) is 0 Å². The molecule has 0 aliphatic rings. The Bertz CT molecular complexity index is 1170. The normalized spacial score (nSPS) is 11.5.